The Morgan fingerprint density at radius 3 is 2.30 bits per heavy atom. The third kappa shape index (κ3) is 3.85. The summed E-state index contributed by atoms with van der Waals surface area (Å²) < 4.78 is 25.2. The summed E-state index contributed by atoms with van der Waals surface area (Å²) in [6.07, 6.45) is 9.57. The Morgan fingerprint density at radius 2 is 1.62 bits per heavy atom. The van der Waals surface area contributed by atoms with Crippen molar-refractivity contribution in [2.75, 3.05) is 6.61 Å². The predicted molar refractivity (Wildman–Crippen MR) is 138 cm³/mol. The number of hydrogen-bond acceptors (Lipinski definition) is 6. The van der Waals surface area contributed by atoms with Crippen molar-refractivity contribution in [3.8, 4) is 0 Å². The molecule has 6 rings (SSSR count). The molecule has 0 aromatic rings. The summed E-state index contributed by atoms with van der Waals surface area (Å²) >= 11 is 0. The van der Waals surface area contributed by atoms with E-state index in [1.54, 1.807) is 0 Å². The van der Waals surface area contributed by atoms with Crippen LogP contribution in [0.3, 0.4) is 0 Å². The molecule has 2 aliphatic heterocycles. The van der Waals surface area contributed by atoms with Gasteiger partial charge in [-0.1, -0.05) is 27.7 Å². The summed E-state index contributed by atoms with van der Waals surface area (Å²) in [6, 6.07) is 0. The molecule has 4 saturated carbocycles. The van der Waals surface area contributed by atoms with Gasteiger partial charge in [-0.25, -0.2) is 0 Å². The second-order valence-electron chi connectivity index (χ2n) is 14.3. The maximum absolute atomic E-state index is 12.2. The molecule has 0 amide bonds. The monoisotopic (exact) mass is 516 g/mol. The maximum Gasteiger partial charge on any atom is 0.302 e. The molecule has 0 unspecified atom stereocenters. The van der Waals surface area contributed by atoms with Gasteiger partial charge >= 0.3 is 11.9 Å². The summed E-state index contributed by atoms with van der Waals surface area (Å²) in [6.45, 7) is 13.5. The molecule has 2 saturated heterocycles. The topological polar surface area (TPSA) is 71.1 Å². The van der Waals surface area contributed by atoms with Gasteiger partial charge in [0.2, 0.25) is 0 Å². The van der Waals surface area contributed by atoms with Crippen LogP contribution in [0.5, 0.6) is 0 Å². The minimum atomic E-state index is -0.369. The Bertz CT molecular complexity index is 925. The summed E-state index contributed by atoms with van der Waals surface area (Å²) in [5.41, 5.74) is 0.205. The van der Waals surface area contributed by atoms with E-state index < -0.39 is 0 Å². The number of fused-ring (bicyclic) bond motifs is 7. The Balaban J connectivity index is 1.26. The van der Waals surface area contributed by atoms with E-state index in [0.717, 1.165) is 32.3 Å². The SMILES string of the molecule is CC(=O)O[C@@H]1C[C@H]2CC[C@@H]3[C@H]4C[C@@H]5O[C@]6(CC[C@H](C)CO6)[C@@H](C)[C@@H]5[C@@]4(C)CC[C@@H]3[C@@]2(C)[C@H](OC(C)=O)C1. The van der Waals surface area contributed by atoms with Gasteiger partial charge in [-0.3, -0.25) is 9.59 Å². The zero-order valence-electron chi connectivity index (χ0n) is 23.8. The first-order valence-electron chi connectivity index (χ1n) is 15.1. The molecule has 6 fully saturated rings. The minimum absolute atomic E-state index is 0.0689. The third-order valence-corrected chi connectivity index (χ3v) is 12.6. The Labute approximate surface area is 222 Å². The molecular weight excluding hydrogens is 468 g/mol. The Morgan fingerprint density at radius 1 is 0.865 bits per heavy atom. The van der Waals surface area contributed by atoms with E-state index in [2.05, 4.69) is 27.7 Å². The molecule has 0 aromatic heterocycles. The van der Waals surface area contributed by atoms with Crippen LogP contribution in [-0.2, 0) is 28.5 Å². The summed E-state index contributed by atoms with van der Waals surface area (Å²) in [7, 11) is 0. The zero-order chi connectivity index (χ0) is 26.3. The van der Waals surface area contributed by atoms with Gasteiger partial charge in [-0.15, -0.1) is 0 Å². The fraction of sp³-hybridized carbons (Fsp3) is 0.935. The van der Waals surface area contributed by atoms with Gasteiger partial charge in [0.1, 0.15) is 12.2 Å². The smallest absolute Gasteiger partial charge is 0.302 e. The van der Waals surface area contributed by atoms with Crippen molar-refractivity contribution in [2.45, 2.75) is 123 Å². The molecule has 4 aliphatic carbocycles. The molecule has 1 spiro atoms. The van der Waals surface area contributed by atoms with Gasteiger partial charge < -0.3 is 18.9 Å². The third-order valence-electron chi connectivity index (χ3n) is 12.6. The van der Waals surface area contributed by atoms with Gasteiger partial charge in [0, 0.05) is 38.0 Å². The molecule has 0 radical (unpaired) electrons. The van der Waals surface area contributed by atoms with Gasteiger partial charge in [-0.05, 0) is 85.9 Å². The van der Waals surface area contributed by atoms with Crippen LogP contribution in [-0.4, -0.2) is 42.6 Å². The van der Waals surface area contributed by atoms with Gasteiger partial charge in [0.25, 0.3) is 0 Å². The first-order valence-corrected chi connectivity index (χ1v) is 15.1. The molecule has 0 bridgehead atoms. The van der Waals surface area contributed by atoms with E-state index in [9.17, 15) is 9.59 Å². The lowest BCUT2D eigenvalue weighted by atomic mass is 9.43. The first-order chi connectivity index (χ1) is 17.5. The van der Waals surface area contributed by atoms with E-state index >= 15 is 0 Å². The number of ether oxygens (including phenoxy) is 4. The number of carbonyl (C=O) groups excluding carboxylic acids is 2. The fourth-order valence-corrected chi connectivity index (χ4v) is 11.0. The maximum atomic E-state index is 12.2. The van der Waals surface area contributed by atoms with Crippen molar-refractivity contribution < 1.29 is 28.5 Å². The molecule has 6 heteroatoms. The number of hydrogen-bond donors (Lipinski definition) is 0. The van der Waals surface area contributed by atoms with Crippen molar-refractivity contribution in [1.82, 2.24) is 0 Å². The number of rotatable bonds is 2. The van der Waals surface area contributed by atoms with E-state index in [4.69, 9.17) is 18.9 Å². The van der Waals surface area contributed by atoms with Crippen LogP contribution in [0.25, 0.3) is 0 Å². The second kappa shape index (κ2) is 8.94. The first kappa shape index (κ1) is 26.1. The Kier molecular flexibility index (Phi) is 6.31. The highest BCUT2D eigenvalue weighted by atomic mass is 16.7. The molecule has 37 heavy (non-hydrogen) atoms. The highest BCUT2D eigenvalue weighted by Crippen LogP contribution is 2.71. The molecule has 208 valence electrons. The highest BCUT2D eigenvalue weighted by Gasteiger charge is 2.70. The summed E-state index contributed by atoms with van der Waals surface area (Å²) in [5, 5.41) is 0. The van der Waals surface area contributed by atoms with Gasteiger partial charge in [0.05, 0.1) is 12.7 Å². The largest absolute Gasteiger partial charge is 0.462 e. The van der Waals surface area contributed by atoms with E-state index in [1.165, 1.54) is 39.5 Å². The number of carbonyl (C=O) groups is 2. The minimum Gasteiger partial charge on any atom is -0.462 e. The van der Waals surface area contributed by atoms with Crippen molar-refractivity contribution in [3.05, 3.63) is 0 Å². The zero-order valence-corrected chi connectivity index (χ0v) is 23.8. The molecule has 0 N–H and O–H groups in total. The average molecular weight is 517 g/mol. The summed E-state index contributed by atoms with van der Waals surface area (Å²) in [5.74, 6) is 3.00. The normalized spacial score (nSPS) is 54.5. The second-order valence-corrected chi connectivity index (χ2v) is 14.3. The van der Waals surface area contributed by atoms with Crippen molar-refractivity contribution in [2.24, 2.45) is 52.3 Å². The standard InChI is InChI=1S/C31H48O6/c1-17-9-12-31(34-16-17)18(2)28-26(37-31)15-25-23-8-7-21-13-22(35-19(3)32)14-27(36-20(4)33)30(21,6)24(23)10-11-29(25,28)5/h17-18,21-28H,7-16H2,1-6H3/t17-,18-,21+,22+,23-,24-,25+,26-,27+,28-,29-,30-,31+/m0/s1. The van der Waals surface area contributed by atoms with E-state index in [1.807, 2.05) is 0 Å². The molecule has 6 nitrogen and oxygen atoms in total. The van der Waals surface area contributed by atoms with Crippen molar-refractivity contribution >= 4 is 11.9 Å². The fourth-order valence-electron chi connectivity index (χ4n) is 11.0. The van der Waals surface area contributed by atoms with E-state index in [-0.39, 0.29) is 40.8 Å². The van der Waals surface area contributed by atoms with E-state index in [0.29, 0.717) is 54.0 Å². The van der Waals surface area contributed by atoms with Crippen LogP contribution in [0.15, 0.2) is 0 Å². The molecule has 2 heterocycles. The molecular formula is C31H48O6. The predicted octanol–water partition coefficient (Wildman–Crippen LogP) is 5.91. The Hall–Kier alpha value is -1.14. The average Bonchev–Trinajstić information content (AvgIpc) is 3.26. The molecule has 13 atom stereocenters. The van der Waals surface area contributed by atoms with Crippen molar-refractivity contribution in [3.63, 3.8) is 0 Å². The molecule has 6 aliphatic rings. The van der Waals surface area contributed by atoms with Gasteiger partial charge in [-0.2, -0.15) is 0 Å². The lowest BCUT2D eigenvalue weighted by Gasteiger charge is -2.62. The van der Waals surface area contributed by atoms with Gasteiger partial charge in [0.15, 0.2) is 5.79 Å². The van der Waals surface area contributed by atoms with Crippen LogP contribution in [0.1, 0.15) is 99.3 Å². The van der Waals surface area contributed by atoms with Crippen LogP contribution in [0, 0.1) is 52.3 Å². The quantitative estimate of drug-likeness (QED) is 0.425. The lowest BCUT2D eigenvalue weighted by molar-refractivity contribution is -0.273. The van der Waals surface area contributed by atoms with Crippen LogP contribution in [0.4, 0.5) is 0 Å². The molecule has 0 aromatic carbocycles. The number of esters is 2. The highest BCUT2D eigenvalue weighted by molar-refractivity contribution is 5.67. The van der Waals surface area contributed by atoms with Crippen LogP contribution in [0.2, 0.25) is 0 Å². The van der Waals surface area contributed by atoms with Crippen LogP contribution < -0.4 is 0 Å². The van der Waals surface area contributed by atoms with Crippen molar-refractivity contribution in [1.29, 1.82) is 0 Å². The lowest BCUT2D eigenvalue weighted by Crippen LogP contribution is -2.60. The van der Waals surface area contributed by atoms with Crippen LogP contribution >= 0.6 is 0 Å². The summed E-state index contributed by atoms with van der Waals surface area (Å²) in [4.78, 5) is 24.0.